The summed E-state index contributed by atoms with van der Waals surface area (Å²) < 4.78 is 5.83. The van der Waals surface area contributed by atoms with Gasteiger partial charge in [0.15, 0.2) is 5.82 Å². The molecule has 0 saturated carbocycles. The number of aromatic nitrogens is 2. The smallest absolute Gasteiger partial charge is 0.248 e. The van der Waals surface area contributed by atoms with Gasteiger partial charge in [-0.3, -0.25) is 0 Å². The normalized spacial score (nSPS) is 10.5. The molecule has 122 valence electrons. The molecule has 3 rings (SSSR count). The third-order valence-corrected chi connectivity index (χ3v) is 3.58. The number of nitrogens with zero attached hydrogens (tertiary/aromatic N) is 2. The van der Waals surface area contributed by atoms with Crippen LogP contribution in [0.25, 0.3) is 0 Å². The van der Waals surface area contributed by atoms with E-state index < -0.39 is 0 Å². The Morgan fingerprint density at radius 1 is 1.04 bits per heavy atom. The van der Waals surface area contributed by atoms with Crippen LogP contribution in [0.1, 0.15) is 11.1 Å². The number of ether oxygens (including phenoxy) is 1. The molecule has 2 aromatic carbocycles. The molecule has 1 heterocycles. The van der Waals surface area contributed by atoms with Crippen LogP contribution in [0.4, 0.5) is 17.2 Å². The lowest BCUT2D eigenvalue weighted by Crippen LogP contribution is -2.03. The Morgan fingerprint density at radius 3 is 2.50 bits per heavy atom. The molecule has 0 atom stereocenters. The van der Waals surface area contributed by atoms with E-state index >= 15 is 0 Å². The summed E-state index contributed by atoms with van der Waals surface area (Å²) in [5.41, 5.74) is 9.47. The number of nitrogens with one attached hydrogen (secondary N) is 1. The summed E-state index contributed by atoms with van der Waals surface area (Å²) in [6.45, 7) is 4.02. The Bertz CT molecular complexity index is 862. The zero-order chi connectivity index (χ0) is 17.1. The minimum atomic E-state index is 0.305. The fourth-order valence-electron chi connectivity index (χ4n) is 2.37. The third-order valence-electron chi connectivity index (χ3n) is 3.34. The van der Waals surface area contributed by atoms with Crippen LogP contribution >= 0.6 is 11.6 Å². The number of anilines is 3. The Morgan fingerprint density at radius 2 is 1.79 bits per heavy atom. The van der Waals surface area contributed by atoms with Crippen molar-refractivity contribution >= 4 is 28.8 Å². The van der Waals surface area contributed by atoms with Gasteiger partial charge in [0.1, 0.15) is 17.8 Å². The van der Waals surface area contributed by atoms with Gasteiger partial charge in [-0.15, -0.1) is 0 Å². The molecule has 0 saturated heterocycles. The van der Waals surface area contributed by atoms with Crippen LogP contribution in [-0.4, -0.2) is 9.97 Å². The van der Waals surface area contributed by atoms with Crippen LogP contribution in [0.15, 0.2) is 48.8 Å². The summed E-state index contributed by atoms with van der Waals surface area (Å²) >= 11 is 5.99. The maximum absolute atomic E-state index is 6.15. The Balaban J connectivity index is 1.88. The van der Waals surface area contributed by atoms with Gasteiger partial charge in [-0.2, -0.15) is 4.98 Å². The first-order valence-electron chi connectivity index (χ1n) is 7.40. The van der Waals surface area contributed by atoms with Gasteiger partial charge >= 0.3 is 0 Å². The van der Waals surface area contributed by atoms with Gasteiger partial charge in [0, 0.05) is 10.7 Å². The maximum Gasteiger partial charge on any atom is 0.248 e. The summed E-state index contributed by atoms with van der Waals surface area (Å²) in [6.07, 6.45) is 1.40. The number of hydrogen-bond acceptors (Lipinski definition) is 5. The van der Waals surface area contributed by atoms with E-state index in [1.165, 1.54) is 6.33 Å². The molecule has 0 aliphatic heterocycles. The monoisotopic (exact) mass is 340 g/mol. The highest BCUT2D eigenvalue weighted by molar-refractivity contribution is 6.30. The number of rotatable bonds is 4. The van der Waals surface area contributed by atoms with Gasteiger partial charge in [-0.05, 0) is 55.3 Å². The number of hydrogen-bond donors (Lipinski definition) is 2. The number of halogens is 1. The lowest BCUT2D eigenvalue weighted by Gasteiger charge is -2.12. The first-order chi connectivity index (χ1) is 11.5. The SMILES string of the molecule is Cc1cc(C)cc(Oc2ncnc(Nc3cccc(Cl)c3)c2N)c1. The molecular formula is C18H17ClN4O. The van der Waals surface area contributed by atoms with E-state index in [1.54, 1.807) is 12.1 Å². The van der Waals surface area contributed by atoms with E-state index in [1.807, 2.05) is 38.1 Å². The first kappa shape index (κ1) is 16.1. The highest BCUT2D eigenvalue weighted by Crippen LogP contribution is 2.32. The highest BCUT2D eigenvalue weighted by atomic mass is 35.5. The van der Waals surface area contributed by atoms with Crippen molar-refractivity contribution in [3.05, 3.63) is 64.9 Å². The quantitative estimate of drug-likeness (QED) is 0.709. The lowest BCUT2D eigenvalue weighted by molar-refractivity contribution is 0.464. The van der Waals surface area contributed by atoms with E-state index in [-0.39, 0.29) is 0 Å². The summed E-state index contributed by atoms with van der Waals surface area (Å²) in [4.78, 5) is 8.30. The highest BCUT2D eigenvalue weighted by Gasteiger charge is 2.11. The summed E-state index contributed by atoms with van der Waals surface area (Å²) in [6, 6.07) is 13.2. The summed E-state index contributed by atoms with van der Waals surface area (Å²) in [5, 5.41) is 3.75. The van der Waals surface area contributed by atoms with Crippen LogP contribution in [0.2, 0.25) is 5.02 Å². The minimum absolute atomic E-state index is 0.305. The van der Waals surface area contributed by atoms with Crippen molar-refractivity contribution in [1.29, 1.82) is 0 Å². The summed E-state index contributed by atoms with van der Waals surface area (Å²) in [7, 11) is 0. The van der Waals surface area contributed by atoms with E-state index in [0.717, 1.165) is 16.8 Å². The van der Waals surface area contributed by atoms with Gasteiger partial charge in [-0.1, -0.05) is 23.7 Å². The van der Waals surface area contributed by atoms with Crippen molar-refractivity contribution < 1.29 is 4.74 Å². The lowest BCUT2D eigenvalue weighted by atomic mass is 10.1. The molecule has 0 radical (unpaired) electrons. The molecule has 0 aliphatic carbocycles. The van der Waals surface area contributed by atoms with Crippen molar-refractivity contribution in [2.75, 3.05) is 11.1 Å². The average Bonchev–Trinajstić information content (AvgIpc) is 2.50. The van der Waals surface area contributed by atoms with Crippen molar-refractivity contribution in [1.82, 2.24) is 9.97 Å². The molecule has 0 unspecified atom stereocenters. The first-order valence-corrected chi connectivity index (χ1v) is 7.78. The summed E-state index contributed by atoms with van der Waals surface area (Å²) in [5.74, 6) is 1.46. The molecule has 0 bridgehead atoms. The maximum atomic E-state index is 6.15. The minimum Gasteiger partial charge on any atom is -0.437 e. The van der Waals surface area contributed by atoms with Crippen LogP contribution in [0.3, 0.4) is 0 Å². The van der Waals surface area contributed by atoms with Crippen molar-refractivity contribution in [3.8, 4) is 11.6 Å². The molecule has 0 aliphatic rings. The largest absolute Gasteiger partial charge is 0.437 e. The molecule has 5 nitrogen and oxygen atoms in total. The van der Waals surface area contributed by atoms with Crippen LogP contribution < -0.4 is 15.8 Å². The van der Waals surface area contributed by atoms with Crippen LogP contribution in [0, 0.1) is 13.8 Å². The Hall–Kier alpha value is -2.79. The predicted molar refractivity (Wildman–Crippen MR) is 97.2 cm³/mol. The molecular weight excluding hydrogens is 324 g/mol. The number of benzene rings is 2. The fourth-order valence-corrected chi connectivity index (χ4v) is 2.56. The van der Waals surface area contributed by atoms with Crippen molar-refractivity contribution in [3.63, 3.8) is 0 Å². The molecule has 3 aromatic rings. The van der Waals surface area contributed by atoms with Crippen molar-refractivity contribution in [2.24, 2.45) is 0 Å². The standard InChI is InChI=1S/C18H17ClN4O/c1-11-6-12(2)8-15(7-11)24-18-16(20)17(21-10-22-18)23-14-5-3-4-13(19)9-14/h3-10H,20H2,1-2H3,(H,21,22,23). The number of aryl methyl sites for hydroxylation is 2. The van der Waals surface area contributed by atoms with E-state index in [9.17, 15) is 0 Å². The molecule has 0 fully saturated rings. The fraction of sp³-hybridized carbons (Fsp3) is 0.111. The van der Waals surface area contributed by atoms with Gasteiger partial charge in [0.05, 0.1) is 0 Å². The average molecular weight is 341 g/mol. The van der Waals surface area contributed by atoms with Crippen molar-refractivity contribution in [2.45, 2.75) is 13.8 Å². The van der Waals surface area contributed by atoms with Gasteiger partial charge in [0.25, 0.3) is 0 Å². The zero-order valence-electron chi connectivity index (χ0n) is 13.4. The van der Waals surface area contributed by atoms with Gasteiger partial charge in [0.2, 0.25) is 5.88 Å². The number of nitrogens with two attached hydrogens (primary N) is 1. The molecule has 3 N–H and O–H groups in total. The predicted octanol–water partition coefficient (Wildman–Crippen LogP) is 4.86. The molecule has 6 heteroatoms. The second kappa shape index (κ2) is 6.76. The molecule has 24 heavy (non-hydrogen) atoms. The second-order valence-corrected chi connectivity index (χ2v) is 5.94. The van der Waals surface area contributed by atoms with Gasteiger partial charge < -0.3 is 15.8 Å². The molecule has 0 amide bonds. The zero-order valence-corrected chi connectivity index (χ0v) is 14.1. The molecule has 0 spiro atoms. The number of nitrogen functional groups attached to an aromatic ring is 1. The van der Waals surface area contributed by atoms with Crippen LogP contribution in [0.5, 0.6) is 11.6 Å². The topological polar surface area (TPSA) is 73.1 Å². The van der Waals surface area contributed by atoms with E-state index in [0.29, 0.717) is 28.2 Å². The Labute approximate surface area is 145 Å². The second-order valence-electron chi connectivity index (χ2n) is 5.50. The van der Waals surface area contributed by atoms with Gasteiger partial charge in [-0.25, -0.2) is 4.98 Å². The third kappa shape index (κ3) is 3.75. The van der Waals surface area contributed by atoms with E-state index in [2.05, 4.69) is 21.4 Å². The Kier molecular flexibility index (Phi) is 4.53. The van der Waals surface area contributed by atoms with E-state index in [4.69, 9.17) is 22.1 Å². The molecule has 1 aromatic heterocycles. The van der Waals surface area contributed by atoms with Crippen LogP contribution in [-0.2, 0) is 0 Å².